The Morgan fingerprint density at radius 1 is 0.541 bits per heavy atom. The van der Waals surface area contributed by atoms with Crippen LogP contribution in [0.3, 0.4) is 0 Å². The van der Waals surface area contributed by atoms with Gasteiger partial charge in [-0.25, -0.2) is 4.57 Å². The van der Waals surface area contributed by atoms with Crippen LogP contribution in [0.25, 0.3) is 0 Å². The third-order valence-electron chi connectivity index (χ3n) is 12.2. The van der Waals surface area contributed by atoms with Crippen LogP contribution >= 0.6 is 7.82 Å². The second-order valence-electron chi connectivity index (χ2n) is 20.0. The zero-order valence-electron chi connectivity index (χ0n) is 41.1. The van der Waals surface area contributed by atoms with E-state index < -0.39 is 44.7 Å². The molecule has 0 saturated heterocycles. The quantitative estimate of drug-likeness (QED) is 0.0231. The number of rotatable bonds is 47. The minimum Gasteiger partial charge on any atom is -0.390 e. The summed E-state index contributed by atoms with van der Waals surface area (Å²) in [4.78, 5) is 23.3. The number of phosphoric acid groups is 1. The standard InChI is InChI=1S/C50H103N2O8P/c1-7-8-9-10-11-12-13-14-15-16-17-18-19-20-21-22-23-24-25-26-27-32-35-38-41-48(54)50(56)51-46(44-60-61(57,58)59-43-42-52(4,5)6)49(55)47(53)40-37-34-31-29-28-30-33-36-39-45(2)3/h45-49,53-55H,7-44H2,1-6H3,(H-,51,56,57,58)/p+1/t46-,47+,48?,49-/m0/s1. The number of carbonyl (C=O) groups is 1. The number of likely N-dealkylation sites (N-methyl/N-ethyl adjacent to an activating group) is 1. The van der Waals surface area contributed by atoms with Gasteiger partial charge in [0.1, 0.15) is 25.4 Å². The fourth-order valence-corrected chi connectivity index (χ4v) is 8.72. The summed E-state index contributed by atoms with van der Waals surface area (Å²) >= 11 is 0. The van der Waals surface area contributed by atoms with E-state index in [-0.39, 0.29) is 13.0 Å². The Morgan fingerprint density at radius 2 is 0.885 bits per heavy atom. The highest BCUT2D eigenvalue weighted by atomic mass is 31.2. The molecule has 366 valence electrons. The molecule has 10 nitrogen and oxygen atoms in total. The molecule has 0 bridgehead atoms. The number of amides is 1. The minimum atomic E-state index is -4.49. The van der Waals surface area contributed by atoms with Crippen LogP contribution in [0.15, 0.2) is 0 Å². The van der Waals surface area contributed by atoms with E-state index in [1.807, 2.05) is 21.1 Å². The molecule has 0 aliphatic heterocycles. The molecule has 5 atom stereocenters. The number of carbonyl (C=O) groups excluding carboxylic acids is 1. The summed E-state index contributed by atoms with van der Waals surface area (Å²) in [6.45, 7) is 6.71. The SMILES string of the molecule is CCCCCCCCCCCCCCCCCCCCCCCCCCC(O)C(=O)N[C@@H](COP(=O)(O)OCC[N+](C)(C)C)[C@H](O)[C@H](O)CCCCCCCCCCC(C)C. The van der Waals surface area contributed by atoms with Crippen LogP contribution in [0.5, 0.6) is 0 Å². The van der Waals surface area contributed by atoms with Crippen molar-refractivity contribution < 1.29 is 43.1 Å². The second-order valence-corrected chi connectivity index (χ2v) is 21.5. The Balaban J connectivity index is 4.31. The maximum Gasteiger partial charge on any atom is 0.472 e. The Kier molecular flexibility index (Phi) is 40.5. The van der Waals surface area contributed by atoms with Gasteiger partial charge in [-0.15, -0.1) is 0 Å². The molecule has 1 amide bonds. The smallest absolute Gasteiger partial charge is 0.390 e. The number of hydrogen-bond acceptors (Lipinski definition) is 7. The van der Waals surface area contributed by atoms with Crippen molar-refractivity contribution in [2.75, 3.05) is 40.9 Å². The minimum absolute atomic E-state index is 0.0181. The first-order chi connectivity index (χ1) is 29.2. The summed E-state index contributed by atoms with van der Waals surface area (Å²) in [6.07, 6.45) is 38.3. The highest BCUT2D eigenvalue weighted by Gasteiger charge is 2.33. The van der Waals surface area contributed by atoms with Crippen LogP contribution in [0.1, 0.15) is 245 Å². The summed E-state index contributed by atoms with van der Waals surface area (Å²) in [6, 6.07) is -1.20. The molecule has 11 heteroatoms. The van der Waals surface area contributed by atoms with Crippen molar-refractivity contribution in [1.82, 2.24) is 5.32 Å². The average molecular weight is 892 g/mol. The van der Waals surface area contributed by atoms with Crippen molar-refractivity contribution in [1.29, 1.82) is 0 Å². The molecule has 0 saturated carbocycles. The molecule has 0 aliphatic rings. The normalized spacial score (nSPS) is 15.2. The van der Waals surface area contributed by atoms with Crippen molar-refractivity contribution in [3.63, 3.8) is 0 Å². The maximum absolute atomic E-state index is 13.0. The molecule has 61 heavy (non-hydrogen) atoms. The fraction of sp³-hybridized carbons (Fsp3) is 0.980. The van der Waals surface area contributed by atoms with Crippen LogP contribution in [0.2, 0.25) is 0 Å². The lowest BCUT2D eigenvalue weighted by atomic mass is 9.99. The van der Waals surface area contributed by atoms with E-state index in [1.54, 1.807) is 0 Å². The van der Waals surface area contributed by atoms with Gasteiger partial charge < -0.3 is 30.0 Å². The molecule has 0 aromatic rings. The molecule has 2 unspecified atom stereocenters. The van der Waals surface area contributed by atoms with Crippen molar-refractivity contribution in [3.8, 4) is 0 Å². The topological polar surface area (TPSA) is 146 Å². The molecule has 0 radical (unpaired) electrons. The van der Waals surface area contributed by atoms with Gasteiger partial charge in [0.2, 0.25) is 5.91 Å². The first-order valence-corrected chi connectivity index (χ1v) is 27.4. The van der Waals surface area contributed by atoms with Crippen LogP contribution in [0, 0.1) is 5.92 Å². The zero-order chi connectivity index (χ0) is 45.5. The number of nitrogens with one attached hydrogen (secondary N) is 1. The van der Waals surface area contributed by atoms with Gasteiger partial charge in [-0.1, -0.05) is 233 Å². The van der Waals surface area contributed by atoms with Crippen molar-refractivity contribution in [2.45, 2.75) is 270 Å². The van der Waals surface area contributed by atoms with Gasteiger partial charge in [0.15, 0.2) is 0 Å². The van der Waals surface area contributed by atoms with Crippen molar-refractivity contribution in [2.24, 2.45) is 5.92 Å². The lowest BCUT2D eigenvalue weighted by Crippen LogP contribution is -2.53. The number of aliphatic hydroxyl groups is 3. The molecular weight excluding hydrogens is 788 g/mol. The van der Waals surface area contributed by atoms with Gasteiger partial charge >= 0.3 is 7.82 Å². The van der Waals surface area contributed by atoms with E-state index in [2.05, 4.69) is 26.1 Å². The zero-order valence-corrected chi connectivity index (χ0v) is 42.0. The number of hydrogen-bond donors (Lipinski definition) is 5. The highest BCUT2D eigenvalue weighted by molar-refractivity contribution is 7.47. The number of nitrogens with zero attached hydrogens (tertiary/aromatic N) is 1. The van der Waals surface area contributed by atoms with E-state index >= 15 is 0 Å². The average Bonchev–Trinajstić information content (AvgIpc) is 3.20. The molecular formula is C50H104N2O8P+. The molecule has 0 heterocycles. The third-order valence-corrected chi connectivity index (χ3v) is 13.2. The third kappa shape index (κ3) is 41.8. The van der Waals surface area contributed by atoms with Gasteiger partial charge in [-0.05, 0) is 18.8 Å². The maximum atomic E-state index is 13.0. The van der Waals surface area contributed by atoms with E-state index in [0.717, 1.165) is 44.4 Å². The molecule has 0 fully saturated rings. The van der Waals surface area contributed by atoms with E-state index in [0.29, 0.717) is 30.3 Å². The number of unbranched alkanes of at least 4 members (excludes halogenated alkanes) is 30. The predicted molar refractivity (Wildman–Crippen MR) is 257 cm³/mol. The molecule has 0 aromatic heterocycles. The van der Waals surface area contributed by atoms with E-state index in [1.165, 1.54) is 161 Å². The molecule has 0 aliphatic carbocycles. The molecule has 0 rings (SSSR count). The van der Waals surface area contributed by atoms with Crippen molar-refractivity contribution >= 4 is 13.7 Å². The lowest BCUT2D eigenvalue weighted by Gasteiger charge is -2.29. The van der Waals surface area contributed by atoms with Gasteiger partial charge in [-0.2, -0.15) is 0 Å². The Hall–Kier alpha value is -0.580. The van der Waals surface area contributed by atoms with Crippen LogP contribution < -0.4 is 5.32 Å². The van der Waals surface area contributed by atoms with Gasteiger partial charge in [-0.3, -0.25) is 13.8 Å². The van der Waals surface area contributed by atoms with E-state index in [4.69, 9.17) is 9.05 Å². The number of quaternary nitrogens is 1. The Bertz CT molecular complexity index is 1010. The number of phosphoric ester groups is 1. The molecule has 0 spiro atoms. The summed E-state index contributed by atoms with van der Waals surface area (Å²) in [5, 5.41) is 35.2. The Morgan fingerprint density at radius 3 is 1.25 bits per heavy atom. The summed E-state index contributed by atoms with van der Waals surface area (Å²) in [5.41, 5.74) is 0. The van der Waals surface area contributed by atoms with Crippen LogP contribution in [-0.2, 0) is 18.4 Å². The van der Waals surface area contributed by atoms with E-state index in [9.17, 15) is 29.6 Å². The second kappa shape index (κ2) is 40.9. The first kappa shape index (κ1) is 60.4. The van der Waals surface area contributed by atoms with Crippen LogP contribution in [0.4, 0.5) is 0 Å². The summed E-state index contributed by atoms with van der Waals surface area (Å²) < 4.78 is 23.5. The predicted octanol–water partition coefficient (Wildman–Crippen LogP) is 12.7. The Labute approximate surface area is 377 Å². The largest absolute Gasteiger partial charge is 0.472 e. The summed E-state index contributed by atoms with van der Waals surface area (Å²) in [5.74, 6) is 0.0643. The highest BCUT2D eigenvalue weighted by Crippen LogP contribution is 2.43. The fourth-order valence-electron chi connectivity index (χ4n) is 7.98. The molecule has 5 N–H and O–H groups in total. The van der Waals surface area contributed by atoms with Gasteiger partial charge in [0, 0.05) is 0 Å². The van der Waals surface area contributed by atoms with Gasteiger partial charge in [0.05, 0.1) is 39.9 Å². The lowest BCUT2D eigenvalue weighted by molar-refractivity contribution is -0.870. The number of aliphatic hydroxyl groups excluding tert-OH is 3. The summed E-state index contributed by atoms with van der Waals surface area (Å²) in [7, 11) is 1.30. The molecule has 0 aromatic carbocycles. The van der Waals surface area contributed by atoms with Crippen LogP contribution in [-0.4, -0.2) is 95.9 Å². The first-order valence-electron chi connectivity index (χ1n) is 26.0. The van der Waals surface area contributed by atoms with Gasteiger partial charge in [0.25, 0.3) is 0 Å². The monoisotopic (exact) mass is 892 g/mol. The van der Waals surface area contributed by atoms with Crippen molar-refractivity contribution in [3.05, 3.63) is 0 Å².